The van der Waals surface area contributed by atoms with Crippen molar-refractivity contribution in [2.45, 2.75) is 38.5 Å². The first-order chi connectivity index (χ1) is 8.59. The van der Waals surface area contributed by atoms with Crippen molar-refractivity contribution in [2.75, 3.05) is 13.1 Å². The summed E-state index contributed by atoms with van der Waals surface area (Å²) >= 11 is 0. The van der Waals surface area contributed by atoms with Gasteiger partial charge in [-0.1, -0.05) is 6.07 Å². The number of nitrogens with zero attached hydrogens (tertiary/aromatic N) is 2. The Kier molecular flexibility index (Phi) is 4.32. The Morgan fingerprint density at radius 1 is 1.50 bits per heavy atom. The fraction of sp³-hybridized carbons (Fsp3) is 0.643. The molecule has 4 unspecified atom stereocenters. The summed E-state index contributed by atoms with van der Waals surface area (Å²) in [4.78, 5) is 6.56. The van der Waals surface area contributed by atoms with E-state index in [1.54, 1.807) is 6.20 Å². The molecular formula is C14H23N3O. The second kappa shape index (κ2) is 5.78. The van der Waals surface area contributed by atoms with Crippen molar-refractivity contribution in [1.29, 1.82) is 0 Å². The second-order valence-electron chi connectivity index (χ2n) is 5.37. The van der Waals surface area contributed by atoms with Gasteiger partial charge in [0.05, 0.1) is 12.1 Å². The van der Waals surface area contributed by atoms with E-state index in [0.717, 1.165) is 19.5 Å². The smallest absolute Gasteiger partial charge is 0.0552 e. The third kappa shape index (κ3) is 2.88. The topological polar surface area (TPSA) is 62.4 Å². The highest BCUT2D eigenvalue weighted by Crippen LogP contribution is 2.30. The van der Waals surface area contributed by atoms with Gasteiger partial charge in [-0.3, -0.25) is 9.88 Å². The van der Waals surface area contributed by atoms with Gasteiger partial charge in [0.2, 0.25) is 0 Å². The zero-order valence-corrected chi connectivity index (χ0v) is 11.2. The Bertz CT molecular complexity index is 367. The van der Waals surface area contributed by atoms with E-state index in [2.05, 4.69) is 16.0 Å². The number of aromatic nitrogens is 1. The average molecular weight is 249 g/mol. The molecule has 1 aliphatic heterocycles. The third-order valence-electron chi connectivity index (χ3n) is 3.86. The molecule has 1 saturated heterocycles. The van der Waals surface area contributed by atoms with Gasteiger partial charge in [-0.05, 0) is 44.4 Å². The van der Waals surface area contributed by atoms with Gasteiger partial charge in [-0.15, -0.1) is 0 Å². The van der Waals surface area contributed by atoms with Crippen LogP contribution in [0, 0.1) is 5.92 Å². The van der Waals surface area contributed by atoms with Gasteiger partial charge < -0.3 is 10.8 Å². The van der Waals surface area contributed by atoms with Gasteiger partial charge >= 0.3 is 0 Å². The molecule has 4 atom stereocenters. The maximum absolute atomic E-state index is 9.69. The molecule has 18 heavy (non-hydrogen) atoms. The van der Waals surface area contributed by atoms with Crippen molar-refractivity contribution >= 4 is 0 Å². The van der Waals surface area contributed by atoms with Gasteiger partial charge in [0.1, 0.15) is 0 Å². The highest BCUT2D eigenvalue weighted by atomic mass is 16.3. The van der Waals surface area contributed by atoms with Crippen LogP contribution in [-0.4, -0.2) is 40.2 Å². The number of hydrogen-bond donors (Lipinski definition) is 2. The maximum Gasteiger partial charge on any atom is 0.0552 e. The molecule has 2 heterocycles. The SMILES string of the molecule is CC(N)C(c1cccnc1)N1CCC(C(C)O)C1. The predicted molar refractivity (Wildman–Crippen MR) is 72.0 cm³/mol. The Hall–Kier alpha value is -0.970. The zero-order valence-electron chi connectivity index (χ0n) is 11.2. The van der Waals surface area contributed by atoms with Crippen LogP contribution < -0.4 is 5.73 Å². The van der Waals surface area contributed by atoms with Gasteiger partial charge in [0.25, 0.3) is 0 Å². The van der Waals surface area contributed by atoms with E-state index in [1.165, 1.54) is 5.56 Å². The molecule has 100 valence electrons. The number of likely N-dealkylation sites (tertiary alicyclic amines) is 1. The molecular weight excluding hydrogens is 226 g/mol. The van der Waals surface area contributed by atoms with Crippen LogP contribution in [0.15, 0.2) is 24.5 Å². The quantitative estimate of drug-likeness (QED) is 0.841. The normalized spacial score (nSPS) is 25.9. The van der Waals surface area contributed by atoms with E-state index < -0.39 is 0 Å². The van der Waals surface area contributed by atoms with Crippen LogP contribution in [0.2, 0.25) is 0 Å². The Morgan fingerprint density at radius 3 is 2.78 bits per heavy atom. The Balaban J connectivity index is 2.13. The van der Waals surface area contributed by atoms with Crippen molar-refractivity contribution < 1.29 is 5.11 Å². The molecule has 1 aromatic heterocycles. The maximum atomic E-state index is 9.69. The number of pyridine rings is 1. The van der Waals surface area contributed by atoms with Crippen LogP contribution in [0.5, 0.6) is 0 Å². The highest BCUT2D eigenvalue weighted by molar-refractivity contribution is 5.16. The fourth-order valence-corrected chi connectivity index (χ4v) is 2.86. The first-order valence-electron chi connectivity index (χ1n) is 6.67. The summed E-state index contributed by atoms with van der Waals surface area (Å²) in [5, 5.41) is 9.69. The van der Waals surface area contributed by atoms with Gasteiger partial charge in [0.15, 0.2) is 0 Å². The molecule has 4 heteroatoms. The summed E-state index contributed by atoms with van der Waals surface area (Å²) in [5.74, 6) is 0.364. The van der Waals surface area contributed by atoms with Crippen LogP contribution >= 0.6 is 0 Å². The molecule has 0 saturated carbocycles. The largest absolute Gasteiger partial charge is 0.393 e. The fourth-order valence-electron chi connectivity index (χ4n) is 2.86. The number of rotatable bonds is 4. The average Bonchev–Trinajstić information content (AvgIpc) is 2.79. The van der Waals surface area contributed by atoms with Crippen molar-refractivity contribution in [1.82, 2.24) is 9.88 Å². The molecule has 0 bridgehead atoms. The van der Waals surface area contributed by atoms with E-state index >= 15 is 0 Å². The zero-order chi connectivity index (χ0) is 13.1. The minimum atomic E-state index is -0.238. The monoisotopic (exact) mass is 249 g/mol. The van der Waals surface area contributed by atoms with Crippen LogP contribution in [0.1, 0.15) is 31.9 Å². The molecule has 1 aliphatic rings. The number of aliphatic hydroxyl groups is 1. The van der Waals surface area contributed by atoms with Crippen molar-refractivity contribution in [2.24, 2.45) is 11.7 Å². The Morgan fingerprint density at radius 2 is 2.28 bits per heavy atom. The summed E-state index contributed by atoms with van der Waals surface area (Å²) in [5.41, 5.74) is 7.30. The summed E-state index contributed by atoms with van der Waals surface area (Å²) in [6, 6.07) is 4.29. The van der Waals surface area contributed by atoms with Crippen molar-refractivity contribution in [3.8, 4) is 0 Å². The van der Waals surface area contributed by atoms with Crippen LogP contribution in [-0.2, 0) is 0 Å². The molecule has 0 aliphatic carbocycles. The lowest BCUT2D eigenvalue weighted by atomic mass is 10.0. The third-order valence-corrected chi connectivity index (χ3v) is 3.86. The first kappa shape index (κ1) is 13.5. The number of nitrogens with two attached hydrogens (primary N) is 1. The van der Waals surface area contributed by atoms with Crippen LogP contribution in [0.25, 0.3) is 0 Å². The predicted octanol–water partition coefficient (Wildman–Crippen LogP) is 1.17. The van der Waals surface area contributed by atoms with Crippen LogP contribution in [0.4, 0.5) is 0 Å². The molecule has 1 fully saturated rings. The molecule has 4 nitrogen and oxygen atoms in total. The standard InChI is InChI=1S/C14H23N3O/c1-10(15)14(12-4-3-6-16-8-12)17-7-5-13(9-17)11(2)18/h3-4,6,8,10-11,13-14,18H,5,7,9,15H2,1-2H3. The second-order valence-corrected chi connectivity index (χ2v) is 5.37. The summed E-state index contributed by atoms with van der Waals surface area (Å²) < 4.78 is 0. The molecule has 2 rings (SSSR count). The highest BCUT2D eigenvalue weighted by Gasteiger charge is 2.32. The lowest BCUT2D eigenvalue weighted by Gasteiger charge is -2.31. The molecule has 0 spiro atoms. The minimum absolute atomic E-state index is 0.0574. The van der Waals surface area contributed by atoms with Gasteiger partial charge in [0, 0.05) is 25.0 Å². The Labute approximate surface area is 109 Å². The lowest BCUT2D eigenvalue weighted by molar-refractivity contribution is 0.119. The van der Waals surface area contributed by atoms with E-state index in [1.807, 2.05) is 26.1 Å². The molecule has 1 aromatic rings. The van der Waals surface area contributed by atoms with E-state index in [-0.39, 0.29) is 18.2 Å². The lowest BCUT2D eigenvalue weighted by Crippen LogP contribution is -2.39. The van der Waals surface area contributed by atoms with Gasteiger partial charge in [-0.25, -0.2) is 0 Å². The van der Waals surface area contributed by atoms with E-state index in [9.17, 15) is 5.11 Å². The molecule has 3 N–H and O–H groups in total. The van der Waals surface area contributed by atoms with Crippen molar-refractivity contribution in [3.63, 3.8) is 0 Å². The minimum Gasteiger partial charge on any atom is -0.393 e. The summed E-state index contributed by atoms with van der Waals surface area (Å²) in [7, 11) is 0. The summed E-state index contributed by atoms with van der Waals surface area (Å²) in [6.45, 7) is 5.82. The van der Waals surface area contributed by atoms with Gasteiger partial charge in [-0.2, -0.15) is 0 Å². The summed E-state index contributed by atoms with van der Waals surface area (Å²) in [6.07, 6.45) is 4.48. The number of aliphatic hydroxyl groups excluding tert-OH is 1. The van der Waals surface area contributed by atoms with E-state index in [0.29, 0.717) is 5.92 Å². The van der Waals surface area contributed by atoms with E-state index in [4.69, 9.17) is 5.73 Å². The first-order valence-corrected chi connectivity index (χ1v) is 6.67. The molecule has 0 aromatic carbocycles. The van der Waals surface area contributed by atoms with Crippen molar-refractivity contribution in [3.05, 3.63) is 30.1 Å². The molecule has 0 amide bonds. The molecule has 0 radical (unpaired) electrons. The van der Waals surface area contributed by atoms with Crippen LogP contribution in [0.3, 0.4) is 0 Å². The number of hydrogen-bond acceptors (Lipinski definition) is 4.